The average molecular weight is 348 g/mol. The largest absolute Gasteiger partial charge is 0.396 e. The number of halogens is 1. The molecule has 3 rings (SSSR count). The van der Waals surface area contributed by atoms with Gasteiger partial charge in [-0.05, 0) is 30.3 Å². The molecule has 1 aromatic carbocycles. The van der Waals surface area contributed by atoms with E-state index in [1.165, 1.54) is 12.3 Å². The molecule has 6 nitrogen and oxygen atoms in total. The van der Waals surface area contributed by atoms with Gasteiger partial charge in [0.2, 0.25) is 0 Å². The van der Waals surface area contributed by atoms with E-state index in [9.17, 15) is 4.39 Å². The maximum atomic E-state index is 13.9. The molecule has 0 unspecified atom stereocenters. The second kappa shape index (κ2) is 7.98. The van der Waals surface area contributed by atoms with E-state index in [0.29, 0.717) is 28.6 Å². The number of nitrogens with two attached hydrogens (primary N) is 2. The quantitative estimate of drug-likeness (QED) is 0.690. The molecule has 0 bridgehead atoms. The molecular formula is C19H17FN6. The molecule has 3 aromatic rings. The first-order valence-electron chi connectivity index (χ1n) is 7.89. The summed E-state index contributed by atoms with van der Waals surface area (Å²) in [5.41, 5.74) is 13.6. The summed E-state index contributed by atoms with van der Waals surface area (Å²) in [6.07, 6.45) is 4.78. The number of hydrogen-bond donors (Lipinski definition) is 2. The molecular weight excluding hydrogens is 331 g/mol. The molecule has 0 atom stereocenters. The van der Waals surface area contributed by atoms with Gasteiger partial charge in [-0.3, -0.25) is 9.98 Å². The molecule has 130 valence electrons. The number of hydrogen-bond acceptors (Lipinski definition) is 6. The number of nitrogens with zero attached hydrogens (tertiary/aromatic N) is 4. The van der Waals surface area contributed by atoms with Gasteiger partial charge in [-0.2, -0.15) is 0 Å². The number of benzene rings is 1. The molecule has 0 saturated heterocycles. The van der Waals surface area contributed by atoms with Crippen LogP contribution in [0.1, 0.15) is 17.1 Å². The van der Waals surface area contributed by atoms with E-state index in [1.54, 1.807) is 48.7 Å². The van der Waals surface area contributed by atoms with Crippen molar-refractivity contribution in [2.24, 2.45) is 10.7 Å². The molecule has 2 aromatic heterocycles. The first-order chi connectivity index (χ1) is 12.6. The van der Waals surface area contributed by atoms with Crippen LogP contribution >= 0.6 is 0 Å². The first-order valence-corrected chi connectivity index (χ1v) is 7.89. The highest BCUT2D eigenvalue weighted by atomic mass is 19.1. The standard InChI is InChI=1S/C19H17FN6/c20-14-6-2-1-5-13(14)12-25-17(16-7-3-4-9-23-16)11-15(21)19-24-10-8-18(22)26-19/h1-11H,12,21H2,(H2,22,24,26). The van der Waals surface area contributed by atoms with Gasteiger partial charge in [-0.15, -0.1) is 0 Å². The van der Waals surface area contributed by atoms with Gasteiger partial charge >= 0.3 is 0 Å². The maximum absolute atomic E-state index is 13.9. The van der Waals surface area contributed by atoms with Crippen LogP contribution in [0.4, 0.5) is 10.2 Å². The van der Waals surface area contributed by atoms with Crippen LogP contribution in [0.3, 0.4) is 0 Å². The van der Waals surface area contributed by atoms with Crippen molar-refractivity contribution in [3.63, 3.8) is 0 Å². The fourth-order valence-corrected chi connectivity index (χ4v) is 2.24. The Morgan fingerprint density at radius 1 is 1.04 bits per heavy atom. The van der Waals surface area contributed by atoms with Crippen LogP contribution in [0, 0.1) is 5.82 Å². The molecule has 2 heterocycles. The third-order valence-electron chi connectivity index (χ3n) is 3.53. The van der Waals surface area contributed by atoms with E-state index in [2.05, 4.69) is 19.9 Å². The maximum Gasteiger partial charge on any atom is 0.177 e. The topological polar surface area (TPSA) is 103 Å². The SMILES string of the molecule is NC(=CC(=NCc1ccccc1F)c1ccccn1)c1nccc(N)n1. The molecule has 0 fully saturated rings. The van der Waals surface area contributed by atoms with Crippen molar-refractivity contribution in [2.75, 3.05) is 5.73 Å². The number of pyridine rings is 1. The lowest BCUT2D eigenvalue weighted by molar-refractivity contribution is 0.611. The summed E-state index contributed by atoms with van der Waals surface area (Å²) in [6, 6.07) is 13.5. The van der Waals surface area contributed by atoms with Crippen molar-refractivity contribution in [1.82, 2.24) is 15.0 Å². The Bertz CT molecular complexity index is 953. The second-order valence-electron chi connectivity index (χ2n) is 5.41. The summed E-state index contributed by atoms with van der Waals surface area (Å²) < 4.78 is 13.9. The summed E-state index contributed by atoms with van der Waals surface area (Å²) in [4.78, 5) is 17.0. The summed E-state index contributed by atoms with van der Waals surface area (Å²) in [5, 5.41) is 0. The average Bonchev–Trinajstić information content (AvgIpc) is 2.67. The molecule has 0 amide bonds. The number of nitrogen functional groups attached to an aromatic ring is 1. The third kappa shape index (κ3) is 4.27. The number of allylic oxidation sites excluding steroid dienone is 1. The van der Waals surface area contributed by atoms with Crippen LogP contribution in [0.2, 0.25) is 0 Å². The van der Waals surface area contributed by atoms with E-state index in [1.807, 2.05) is 6.07 Å². The van der Waals surface area contributed by atoms with Gasteiger partial charge in [-0.1, -0.05) is 24.3 Å². The molecule has 4 N–H and O–H groups in total. The molecule has 7 heteroatoms. The highest BCUT2D eigenvalue weighted by Crippen LogP contribution is 2.11. The minimum Gasteiger partial charge on any atom is -0.396 e. The Hall–Kier alpha value is -3.61. The molecule has 0 spiro atoms. The van der Waals surface area contributed by atoms with E-state index >= 15 is 0 Å². The Balaban J connectivity index is 1.97. The lowest BCUT2D eigenvalue weighted by Gasteiger charge is -2.05. The summed E-state index contributed by atoms with van der Waals surface area (Å²) in [5.74, 6) is 0.293. The highest BCUT2D eigenvalue weighted by Gasteiger charge is 2.08. The fourth-order valence-electron chi connectivity index (χ4n) is 2.24. The molecule has 0 aliphatic carbocycles. The zero-order valence-electron chi connectivity index (χ0n) is 13.9. The number of aliphatic imine (C=N–C) groups is 1. The predicted octanol–water partition coefficient (Wildman–Crippen LogP) is 2.58. The monoisotopic (exact) mass is 348 g/mol. The van der Waals surface area contributed by atoms with Crippen LogP contribution in [-0.4, -0.2) is 20.7 Å². The van der Waals surface area contributed by atoms with Crippen LogP contribution in [0.5, 0.6) is 0 Å². The predicted molar refractivity (Wildman–Crippen MR) is 99.5 cm³/mol. The van der Waals surface area contributed by atoms with Crippen LogP contribution < -0.4 is 11.5 Å². The van der Waals surface area contributed by atoms with Crippen molar-refractivity contribution in [2.45, 2.75) is 6.54 Å². The van der Waals surface area contributed by atoms with E-state index in [4.69, 9.17) is 11.5 Å². The van der Waals surface area contributed by atoms with Gasteiger partial charge in [0, 0.05) is 18.0 Å². The highest BCUT2D eigenvalue weighted by molar-refractivity contribution is 6.10. The van der Waals surface area contributed by atoms with Gasteiger partial charge in [0.1, 0.15) is 11.6 Å². The van der Waals surface area contributed by atoms with Crippen molar-refractivity contribution in [3.05, 3.63) is 89.9 Å². The van der Waals surface area contributed by atoms with Gasteiger partial charge in [0.15, 0.2) is 5.82 Å². The molecule has 0 saturated carbocycles. The first kappa shape index (κ1) is 17.2. The van der Waals surface area contributed by atoms with Crippen molar-refractivity contribution < 1.29 is 4.39 Å². The summed E-state index contributed by atoms with van der Waals surface area (Å²) >= 11 is 0. The lowest BCUT2D eigenvalue weighted by atomic mass is 10.1. The fraction of sp³-hybridized carbons (Fsp3) is 0.0526. The minimum atomic E-state index is -0.312. The number of anilines is 1. The van der Waals surface area contributed by atoms with E-state index in [-0.39, 0.29) is 18.1 Å². The third-order valence-corrected chi connectivity index (χ3v) is 3.53. The van der Waals surface area contributed by atoms with Gasteiger partial charge in [0.05, 0.1) is 23.6 Å². The van der Waals surface area contributed by atoms with Gasteiger partial charge in [-0.25, -0.2) is 14.4 Å². The zero-order valence-corrected chi connectivity index (χ0v) is 13.9. The molecule has 0 radical (unpaired) electrons. The Kier molecular flexibility index (Phi) is 5.28. The van der Waals surface area contributed by atoms with Crippen molar-refractivity contribution in [1.29, 1.82) is 0 Å². The van der Waals surface area contributed by atoms with Crippen LogP contribution in [0.15, 0.2) is 72.0 Å². The summed E-state index contributed by atoms with van der Waals surface area (Å²) in [7, 11) is 0. The van der Waals surface area contributed by atoms with Crippen LogP contribution in [0.25, 0.3) is 5.70 Å². The zero-order chi connectivity index (χ0) is 18.4. The molecule has 26 heavy (non-hydrogen) atoms. The van der Waals surface area contributed by atoms with Gasteiger partial charge in [0.25, 0.3) is 0 Å². The number of aromatic nitrogens is 3. The normalized spacial score (nSPS) is 12.2. The summed E-state index contributed by atoms with van der Waals surface area (Å²) in [6.45, 7) is 0.153. The van der Waals surface area contributed by atoms with E-state index in [0.717, 1.165) is 0 Å². The Morgan fingerprint density at radius 2 is 1.85 bits per heavy atom. The van der Waals surface area contributed by atoms with E-state index < -0.39 is 0 Å². The minimum absolute atomic E-state index is 0.153. The second-order valence-corrected chi connectivity index (χ2v) is 5.41. The smallest absolute Gasteiger partial charge is 0.177 e. The lowest BCUT2D eigenvalue weighted by Crippen LogP contribution is -2.09. The molecule has 0 aliphatic rings. The Labute approximate surface area is 150 Å². The van der Waals surface area contributed by atoms with Crippen molar-refractivity contribution in [3.8, 4) is 0 Å². The van der Waals surface area contributed by atoms with Crippen molar-refractivity contribution >= 4 is 17.2 Å². The Morgan fingerprint density at radius 3 is 2.58 bits per heavy atom. The van der Waals surface area contributed by atoms with Gasteiger partial charge < -0.3 is 11.5 Å². The molecule has 0 aliphatic heterocycles. The number of rotatable bonds is 5. The van der Waals surface area contributed by atoms with Crippen LogP contribution in [-0.2, 0) is 6.54 Å².